The Kier molecular flexibility index (Phi) is 6.45. The zero-order valence-corrected chi connectivity index (χ0v) is 18.8. The molecule has 182 valence electrons. The van der Waals surface area contributed by atoms with E-state index in [1.54, 1.807) is 55.7 Å². The number of rotatable bonds is 8. The molecule has 35 heavy (non-hydrogen) atoms. The van der Waals surface area contributed by atoms with Crippen LogP contribution in [0.5, 0.6) is 5.88 Å². The predicted octanol–water partition coefficient (Wildman–Crippen LogP) is 4.32. The van der Waals surface area contributed by atoms with Gasteiger partial charge in [0.15, 0.2) is 11.5 Å². The van der Waals surface area contributed by atoms with Gasteiger partial charge in [0.1, 0.15) is 0 Å². The summed E-state index contributed by atoms with van der Waals surface area (Å²) in [5.74, 6) is 0.241. The fourth-order valence-electron chi connectivity index (χ4n) is 3.52. The number of fused-ring (bicyclic) bond motifs is 1. The molecular formula is C23H22F3N7O2. The molecule has 4 N–H and O–H groups in total. The Morgan fingerprint density at radius 2 is 1.94 bits per heavy atom. The summed E-state index contributed by atoms with van der Waals surface area (Å²) in [5, 5.41) is 10.5. The van der Waals surface area contributed by atoms with Crippen LogP contribution in [0.1, 0.15) is 22.3 Å². The third kappa shape index (κ3) is 5.42. The fraction of sp³-hybridized carbons (Fsp3) is 0.217. The second-order valence-corrected chi connectivity index (χ2v) is 7.72. The highest BCUT2D eigenvalue weighted by atomic mass is 19.4. The molecule has 3 aromatic heterocycles. The lowest BCUT2D eigenvalue weighted by molar-refractivity contribution is -0.131. The highest BCUT2D eigenvalue weighted by Crippen LogP contribution is 2.29. The summed E-state index contributed by atoms with van der Waals surface area (Å²) in [7, 11) is 1.50. The number of benzene rings is 1. The summed E-state index contributed by atoms with van der Waals surface area (Å²) in [6.07, 6.45) is -2.20. The molecule has 9 nitrogen and oxygen atoms in total. The molecule has 0 bridgehead atoms. The van der Waals surface area contributed by atoms with Crippen molar-refractivity contribution in [1.29, 1.82) is 0 Å². The third-order valence-corrected chi connectivity index (χ3v) is 5.20. The summed E-state index contributed by atoms with van der Waals surface area (Å²) in [6.45, 7) is 1.43. The number of primary amides is 1. The number of carbonyl (C=O) groups is 1. The van der Waals surface area contributed by atoms with Crippen LogP contribution < -0.4 is 21.1 Å². The number of nitrogens with zero attached hydrogens (tertiary/aromatic N) is 4. The van der Waals surface area contributed by atoms with E-state index in [-0.39, 0.29) is 6.54 Å². The zero-order valence-electron chi connectivity index (χ0n) is 18.8. The molecule has 4 rings (SSSR count). The van der Waals surface area contributed by atoms with Crippen molar-refractivity contribution in [2.75, 3.05) is 24.3 Å². The number of imidazole rings is 1. The Hall–Kier alpha value is -4.35. The maximum Gasteiger partial charge on any atom is 0.390 e. The Morgan fingerprint density at radius 1 is 1.14 bits per heavy atom. The lowest BCUT2D eigenvalue weighted by atomic mass is 10.0. The lowest BCUT2D eigenvalue weighted by Gasteiger charge is -2.13. The maximum atomic E-state index is 12.7. The van der Waals surface area contributed by atoms with E-state index in [2.05, 4.69) is 25.7 Å². The predicted molar refractivity (Wildman–Crippen MR) is 125 cm³/mol. The van der Waals surface area contributed by atoms with E-state index in [4.69, 9.17) is 10.5 Å². The van der Waals surface area contributed by atoms with Gasteiger partial charge < -0.3 is 21.1 Å². The molecule has 3 heterocycles. The Labute approximate surface area is 198 Å². The van der Waals surface area contributed by atoms with Crippen molar-refractivity contribution < 1.29 is 22.7 Å². The molecule has 1 amide bonds. The number of nitrogens with two attached hydrogens (primary N) is 1. The molecule has 0 atom stereocenters. The highest BCUT2D eigenvalue weighted by molar-refractivity contribution is 5.95. The van der Waals surface area contributed by atoms with Gasteiger partial charge in [-0.25, -0.2) is 14.5 Å². The SMILES string of the molecule is COc1ccc(Nc2cc(NCCC(F)(F)F)c3ncc(-c4ccc(C(N)=O)c(C)c4)n3n2)cn1. The van der Waals surface area contributed by atoms with Crippen molar-refractivity contribution in [3.8, 4) is 17.1 Å². The van der Waals surface area contributed by atoms with Gasteiger partial charge in [-0.2, -0.15) is 13.2 Å². The van der Waals surface area contributed by atoms with E-state index < -0.39 is 18.5 Å². The van der Waals surface area contributed by atoms with Crippen LogP contribution in [0.2, 0.25) is 0 Å². The van der Waals surface area contributed by atoms with Crippen molar-refractivity contribution >= 4 is 28.7 Å². The molecule has 0 aliphatic carbocycles. The molecule has 4 aromatic rings. The van der Waals surface area contributed by atoms with Crippen LogP contribution in [-0.2, 0) is 0 Å². The minimum Gasteiger partial charge on any atom is -0.481 e. The Morgan fingerprint density at radius 3 is 2.57 bits per heavy atom. The molecule has 0 radical (unpaired) electrons. The molecule has 12 heteroatoms. The minimum absolute atomic E-state index is 0.332. The molecule has 0 spiro atoms. The van der Waals surface area contributed by atoms with Gasteiger partial charge in [0, 0.05) is 29.8 Å². The van der Waals surface area contributed by atoms with Gasteiger partial charge in [-0.15, -0.1) is 5.10 Å². The average Bonchev–Trinajstić information content (AvgIpc) is 3.22. The van der Waals surface area contributed by atoms with E-state index in [1.165, 1.54) is 11.6 Å². The van der Waals surface area contributed by atoms with Crippen LogP contribution in [0.25, 0.3) is 16.9 Å². The van der Waals surface area contributed by atoms with Crippen molar-refractivity contribution in [3.05, 3.63) is 59.9 Å². The molecule has 0 saturated carbocycles. The Balaban J connectivity index is 1.75. The van der Waals surface area contributed by atoms with Gasteiger partial charge in [0.05, 0.1) is 43.0 Å². The number of ether oxygens (including phenoxy) is 1. The molecule has 0 fully saturated rings. The first-order valence-corrected chi connectivity index (χ1v) is 10.5. The van der Waals surface area contributed by atoms with Gasteiger partial charge in [0.25, 0.3) is 0 Å². The number of pyridine rings is 1. The monoisotopic (exact) mass is 485 g/mol. The first-order valence-electron chi connectivity index (χ1n) is 10.5. The summed E-state index contributed by atoms with van der Waals surface area (Å²) in [6, 6.07) is 10.1. The van der Waals surface area contributed by atoms with Crippen LogP contribution in [0.15, 0.2) is 48.8 Å². The topological polar surface area (TPSA) is 119 Å². The fourth-order valence-corrected chi connectivity index (χ4v) is 3.52. The van der Waals surface area contributed by atoms with Crippen LogP contribution >= 0.6 is 0 Å². The standard InChI is InChI=1S/C23H22F3N7O2/c1-13-9-14(3-5-16(13)21(27)34)18-12-30-22-17(28-8-7-23(24,25)26)10-19(32-33(18)22)31-15-4-6-20(35-2)29-11-15/h3-6,9-12,28H,7-8H2,1-2H3,(H2,27,34)(H,31,32). The number of hydrogen-bond donors (Lipinski definition) is 3. The van der Waals surface area contributed by atoms with Crippen LogP contribution in [-0.4, -0.2) is 45.3 Å². The maximum absolute atomic E-state index is 12.7. The number of aryl methyl sites for hydroxylation is 1. The Bertz CT molecular complexity index is 1370. The molecular weight excluding hydrogens is 463 g/mol. The first-order chi connectivity index (χ1) is 16.6. The molecule has 0 unspecified atom stereocenters. The minimum atomic E-state index is -4.30. The lowest BCUT2D eigenvalue weighted by Crippen LogP contribution is -2.15. The normalized spacial score (nSPS) is 11.5. The molecule has 0 aliphatic heterocycles. The number of carbonyl (C=O) groups excluding carboxylic acids is 1. The van der Waals surface area contributed by atoms with Crippen LogP contribution in [0.3, 0.4) is 0 Å². The largest absolute Gasteiger partial charge is 0.481 e. The zero-order chi connectivity index (χ0) is 25.2. The van der Waals surface area contributed by atoms with Gasteiger partial charge in [-0.05, 0) is 30.7 Å². The summed E-state index contributed by atoms with van der Waals surface area (Å²) in [4.78, 5) is 20.1. The molecule has 0 saturated heterocycles. The number of nitrogens with one attached hydrogen (secondary N) is 2. The van der Waals surface area contributed by atoms with Gasteiger partial charge in [-0.3, -0.25) is 4.79 Å². The second-order valence-electron chi connectivity index (χ2n) is 7.72. The smallest absolute Gasteiger partial charge is 0.390 e. The quantitative estimate of drug-likeness (QED) is 0.340. The summed E-state index contributed by atoms with van der Waals surface area (Å²) in [5.41, 5.74) is 9.06. The van der Waals surface area contributed by atoms with E-state index in [9.17, 15) is 18.0 Å². The van der Waals surface area contributed by atoms with E-state index in [1.807, 2.05) is 0 Å². The number of halogens is 3. The van der Waals surface area contributed by atoms with Crippen LogP contribution in [0.4, 0.5) is 30.4 Å². The van der Waals surface area contributed by atoms with Crippen molar-refractivity contribution in [3.63, 3.8) is 0 Å². The number of alkyl halides is 3. The summed E-state index contributed by atoms with van der Waals surface area (Å²) >= 11 is 0. The second kappa shape index (κ2) is 9.49. The average molecular weight is 485 g/mol. The number of amides is 1. The van der Waals surface area contributed by atoms with Crippen molar-refractivity contribution in [1.82, 2.24) is 19.6 Å². The van der Waals surface area contributed by atoms with Gasteiger partial charge in [-0.1, -0.05) is 6.07 Å². The van der Waals surface area contributed by atoms with E-state index >= 15 is 0 Å². The number of aromatic nitrogens is 4. The third-order valence-electron chi connectivity index (χ3n) is 5.20. The summed E-state index contributed by atoms with van der Waals surface area (Å²) < 4.78 is 44.7. The van der Waals surface area contributed by atoms with E-state index in [0.717, 1.165) is 0 Å². The van der Waals surface area contributed by atoms with Gasteiger partial charge >= 0.3 is 6.18 Å². The first kappa shape index (κ1) is 23.8. The number of methoxy groups -OCH3 is 1. The highest BCUT2D eigenvalue weighted by Gasteiger charge is 2.26. The van der Waals surface area contributed by atoms with E-state index in [0.29, 0.717) is 51.1 Å². The number of hydrogen-bond acceptors (Lipinski definition) is 7. The molecule has 0 aliphatic rings. The molecule has 1 aromatic carbocycles. The van der Waals surface area contributed by atoms with Crippen molar-refractivity contribution in [2.45, 2.75) is 19.5 Å². The van der Waals surface area contributed by atoms with Crippen molar-refractivity contribution in [2.24, 2.45) is 5.73 Å². The number of anilines is 3. The van der Waals surface area contributed by atoms with Crippen LogP contribution in [0, 0.1) is 6.92 Å². The van der Waals surface area contributed by atoms with Gasteiger partial charge in [0.2, 0.25) is 11.8 Å².